The summed E-state index contributed by atoms with van der Waals surface area (Å²) < 4.78 is 5.19. The summed E-state index contributed by atoms with van der Waals surface area (Å²) in [6.45, 7) is 3.74. The first-order valence-corrected chi connectivity index (χ1v) is 7.10. The van der Waals surface area contributed by atoms with Gasteiger partial charge in [-0.25, -0.2) is 0 Å². The molecule has 5 heteroatoms. The topological polar surface area (TPSA) is 75.4 Å². The summed E-state index contributed by atoms with van der Waals surface area (Å²) in [5, 5.41) is 15.9. The van der Waals surface area contributed by atoms with E-state index >= 15 is 0 Å². The molecule has 1 aromatic heterocycles. The molecule has 1 aromatic carbocycles. The van der Waals surface area contributed by atoms with Crippen LogP contribution in [0.2, 0.25) is 0 Å². The molecule has 0 spiro atoms. The molecule has 0 aliphatic rings. The van der Waals surface area contributed by atoms with E-state index in [4.69, 9.17) is 9.63 Å². The molecule has 21 heavy (non-hydrogen) atoms. The van der Waals surface area contributed by atoms with Crippen molar-refractivity contribution in [1.82, 2.24) is 10.5 Å². The van der Waals surface area contributed by atoms with Gasteiger partial charge in [0.1, 0.15) is 17.0 Å². The smallest absolute Gasteiger partial charge is 0.257 e. The van der Waals surface area contributed by atoms with Crippen LogP contribution in [-0.2, 0) is 0 Å². The van der Waals surface area contributed by atoms with Crippen LogP contribution in [0.3, 0.4) is 0 Å². The van der Waals surface area contributed by atoms with Crippen LogP contribution in [0.4, 0.5) is 0 Å². The summed E-state index contributed by atoms with van der Waals surface area (Å²) in [5.41, 5.74) is 1.84. The summed E-state index contributed by atoms with van der Waals surface area (Å²) in [5.74, 6) is 0.276. The summed E-state index contributed by atoms with van der Waals surface area (Å²) in [6.07, 6.45) is 1.30. The maximum atomic E-state index is 12.5. The van der Waals surface area contributed by atoms with Gasteiger partial charge in [0.25, 0.3) is 5.91 Å². The van der Waals surface area contributed by atoms with Crippen LogP contribution in [0.25, 0.3) is 11.3 Å². The van der Waals surface area contributed by atoms with E-state index in [1.807, 2.05) is 37.3 Å². The molecule has 1 heterocycles. The molecule has 1 amide bonds. The van der Waals surface area contributed by atoms with Crippen molar-refractivity contribution in [3.05, 3.63) is 41.7 Å². The van der Waals surface area contributed by atoms with Crippen molar-refractivity contribution in [3.63, 3.8) is 0 Å². The van der Waals surface area contributed by atoms with E-state index in [-0.39, 0.29) is 18.6 Å². The SMILES string of the molecule is CCC(CCO)NC(=O)c1c(-c2ccccc2)noc1C. The van der Waals surface area contributed by atoms with Gasteiger partial charge in [0, 0.05) is 18.2 Å². The highest BCUT2D eigenvalue weighted by Crippen LogP contribution is 2.25. The Morgan fingerprint density at radius 3 is 2.71 bits per heavy atom. The van der Waals surface area contributed by atoms with E-state index in [0.717, 1.165) is 12.0 Å². The molecule has 1 unspecified atom stereocenters. The Morgan fingerprint density at radius 2 is 2.10 bits per heavy atom. The third kappa shape index (κ3) is 3.49. The van der Waals surface area contributed by atoms with Crippen molar-refractivity contribution < 1.29 is 14.4 Å². The summed E-state index contributed by atoms with van der Waals surface area (Å²) in [6, 6.07) is 9.41. The minimum absolute atomic E-state index is 0.0486. The van der Waals surface area contributed by atoms with Crippen LogP contribution in [0.15, 0.2) is 34.9 Å². The monoisotopic (exact) mass is 288 g/mol. The van der Waals surface area contributed by atoms with Gasteiger partial charge in [0.05, 0.1) is 0 Å². The maximum absolute atomic E-state index is 12.5. The molecule has 2 aromatic rings. The third-order valence-corrected chi connectivity index (χ3v) is 3.44. The second-order valence-corrected chi connectivity index (χ2v) is 4.92. The predicted octanol–water partition coefficient (Wildman–Crippen LogP) is 2.54. The Bertz CT molecular complexity index is 593. The van der Waals surface area contributed by atoms with Gasteiger partial charge in [-0.05, 0) is 19.8 Å². The number of carbonyl (C=O) groups is 1. The number of rotatable bonds is 6. The Balaban J connectivity index is 2.27. The number of amides is 1. The minimum atomic E-state index is -0.215. The van der Waals surface area contributed by atoms with Crippen LogP contribution >= 0.6 is 0 Å². The molecule has 2 rings (SSSR count). The van der Waals surface area contributed by atoms with Crippen LogP contribution < -0.4 is 5.32 Å². The number of hydrogen-bond donors (Lipinski definition) is 2. The van der Waals surface area contributed by atoms with Crippen LogP contribution in [0.1, 0.15) is 35.9 Å². The first-order chi connectivity index (χ1) is 10.2. The van der Waals surface area contributed by atoms with E-state index in [2.05, 4.69) is 10.5 Å². The lowest BCUT2D eigenvalue weighted by atomic mass is 10.0. The largest absolute Gasteiger partial charge is 0.396 e. The van der Waals surface area contributed by atoms with Crippen molar-refractivity contribution in [2.24, 2.45) is 0 Å². The van der Waals surface area contributed by atoms with E-state index in [1.54, 1.807) is 6.92 Å². The fraction of sp³-hybridized carbons (Fsp3) is 0.375. The molecule has 0 saturated heterocycles. The molecule has 5 nitrogen and oxygen atoms in total. The lowest BCUT2D eigenvalue weighted by Crippen LogP contribution is -2.35. The van der Waals surface area contributed by atoms with E-state index in [0.29, 0.717) is 23.4 Å². The highest BCUT2D eigenvalue weighted by Gasteiger charge is 2.23. The molecule has 0 radical (unpaired) electrons. The zero-order chi connectivity index (χ0) is 15.2. The summed E-state index contributed by atoms with van der Waals surface area (Å²) in [7, 11) is 0. The van der Waals surface area contributed by atoms with Gasteiger partial charge >= 0.3 is 0 Å². The molecule has 2 N–H and O–H groups in total. The van der Waals surface area contributed by atoms with E-state index in [1.165, 1.54) is 0 Å². The molecular formula is C16H20N2O3. The zero-order valence-corrected chi connectivity index (χ0v) is 12.3. The second-order valence-electron chi connectivity index (χ2n) is 4.92. The first kappa shape index (κ1) is 15.3. The van der Waals surface area contributed by atoms with Crippen molar-refractivity contribution in [2.45, 2.75) is 32.7 Å². The van der Waals surface area contributed by atoms with E-state index < -0.39 is 0 Å². The lowest BCUT2D eigenvalue weighted by Gasteiger charge is -2.15. The minimum Gasteiger partial charge on any atom is -0.396 e. The van der Waals surface area contributed by atoms with Gasteiger partial charge < -0.3 is 14.9 Å². The Kier molecular flexibility index (Phi) is 5.11. The molecule has 0 aliphatic heterocycles. The van der Waals surface area contributed by atoms with Crippen LogP contribution in [-0.4, -0.2) is 28.8 Å². The maximum Gasteiger partial charge on any atom is 0.257 e. The molecule has 0 saturated carbocycles. The normalized spacial score (nSPS) is 12.1. The van der Waals surface area contributed by atoms with Gasteiger partial charge in [0.2, 0.25) is 0 Å². The number of aromatic nitrogens is 1. The Morgan fingerprint density at radius 1 is 1.38 bits per heavy atom. The number of hydrogen-bond acceptors (Lipinski definition) is 4. The van der Waals surface area contributed by atoms with Gasteiger partial charge in [-0.3, -0.25) is 4.79 Å². The predicted molar refractivity (Wildman–Crippen MR) is 79.9 cm³/mol. The molecule has 112 valence electrons. The average Bonchev–Trinajstić information content (AvgIpc) is 2.89. The van der Waals surface area contributed by atoms with E-state index in [9.17, 15) is 4.79 Å². The highest BCUT2D eigenvalue weighted by atomic mass is 16.5. The quantitative estimate of drug-likeness (QED) is 0.856. The molecule has 0 aliphatic carbocycles. The second kappa shape index (κ2) is 7.04. The van der Waals surface area contributed by atoms with Crippen LogP contribution in [0, 0.1) is 6.92 Å². The average molecular weight is 288 g/mol. The lowest BCUT2D eigenvalue weighted by molar-refractivity contribution is 0.0928. The van der Waals surface area contributed by atoms with Gasteiger partial charge in [-0.15, -0.1) is 0 Å². The number of aliphatic hydroxyl groups is 1. The molecule has 1 atom stereocenters. The first-order valence-electron chi connectivity index (χ1n) is 7.10. The highest BCUT2D eigenvalue weighted by molar-refractivity contribution is 6.00. The fourth-order valence-corrected chi connectivity index (χ4v) is 2.22. The zero-order valence-electron chi connectivity index (χ0n) is 12.3. The summed E-state index contributed by atoms with van der Waals surface area (Å²) in [4.78, 5) is 12.5. The molecule has 0 fully saturated rings. The third-order valence-electron chi connectivity index (χ3n) is 3.44. The Labute approximate surface area is 124 Å². The van der Waals surface area contributed by atoms with Crippen molar-refractivity contribution in [2.75, 3.05) is 6.61 Å². The number of nitrogens with zero attached hydrogens (tertiary/aromatic N) is 1. The van der Waals surface area contributed by atoms with Crippen molar-refractivity contribution in [1.29, 1.82) is 0 Å². The van der Waals surface area contributed by atoms with Crippen molar-refractivity contribution in [3.8, 4) is 11.3 Å². The fourth-order valence-electron chi connectivity index (χ4n) is 2.22. The van der Waals surface area contributed by atoms with Crippen molar-refractivity contribution >= 4 is 5.91 Å². The summed E-state index contributed by atoms with van der Waals surface area (Å²) >= 11 is 0. The van der Waals surface area contributed by atoms with Gasteiger partial charge in [0.15, 0.2) is 0 Å². The van der Waals surface area contributed by atoms with Gasteiger partial charge in [-0.1, -0.05) is 42.4 Å². The Hall–Kier alpha value is -2.14. The standard InChI is InChI=1S/C16H20N2O3/c1-3-13(9-10-19)17-16(20)14-11(2)21-18-15(14)12-7-5-4-6-8-12/h4-8,13,19H,3,9-10H2,1-2H3,(H,17,20). The number of nitrogens with one attached hydrogen (secondary N) is 1. The van der Waals surface area contributed by atoms with Gasteiger partial charge in [-0.2, -0.15) is 0 Å². The molecular weight excluding hydrogens is 268 g/mol. The molecule has 0 bridgehead atoms. The number of aryl methyl sites for hydroxylation is 1. The number of carbonyl (C=O) groups excluding carboxylic acids is 1. The number of benzene rings is 1. The van der Waals surface area contributed by atoms with Crippen LogP contribution in [0.5, 0.6) is 0 Å². The number of aliphatic hydroxyl groups excluding tert-OH is 1.